The van der Waals surface area contributed by atoms with Gasteiger partial charge in [0.25, 0.3) is 0 Å². The average molecular weight is 142 g/mol. The van der Waals surface area contributed by atoms with E-state index in [0.717, 1.165) is 19.4 Å². The number of carbonyl (C=O) groups is 1. The van der Waals surface area contributed by atoms with E-state index in [9.17, 15) is 4.79 Å². The maximum Gasteiger partial charge on any atom is 0.121 e. The first-order valence-electron chi connectivity index (χ1n) is 3.45. The van der Waals surface area contributed by atoms with E-state index in [-0.39, 0.29) is 0 Å². The van der Waals surface area contributed by atoms with Gasteiger partial charge in [-0.1, -0.05) is 0 Å². The molecule has 0 heterocycles. The molecule has 0 fully saturated rings. The van der Waals surface area contributed by atoms with Crippen LogP contribution in [0.5, 0.6) is 0 Å². The summed E-state index contributed by atoms with van der Waals surface area (Å²) in [5, 5.41) is 0. The van der Waals surface area contributed by atoms with Gasteiger partial charge in [-0.3, -0.25) is 4.99 Å². The highest BCUT2D eigenvalue weighted by Gasteiger charge is 1.87. The van der Waals surface area contributed by atoms with Crippen LogP contribution >= 0.6 is 0 Å². The highest BCUT2D eigenvalue weighted by molar-refractivity contribution is 5.56. The molecule has 58 valence electrons. The predicted octanol–water partition coefficient (Wildman–Crippen LogP) is 0.555. The van der Waals surface area contributed by atoms with E-state index in [2.05, 4.69) is 4.99 Å². The Morgan fingerprint density at radius 1 is 1.60 bits per heavy atom. The third-order valence-electron chi connectivity index (χ3n) is 1.06. The Morgan fingerprint density at radius 2 is 2.30 bits per heavy atom. The SMILES string of the molecule is CCN=CN(C)CCC=O. The van der Waals surface area contributed by atoms with E-state index >= 15 is 0 Å². The Kier molecular flexibility index (Phi) is 5.72. The maximum absolute atomic E-state index is 9.91. The minimum atomic E-state index is 0.576. The number of aliphatic imine (C=N–C) groups is 1. The number of aldehydes is 1. The first-order chi connectivity index (χ1) is 4.81. The lowest BCUT2D eigenvalue weighted by molar-refractivity contribution is -0.107. The summed E-state index contributed by atoms with van der Waals surface area (Å²) in [6.45, 7) is 3.53. The van der Waals surface area contributed by atoms with Crippen molar-refractivity contribution in [2.24, 2.45) is 4.99 Å². The molecular formula is C7H14N2O. The van der Waals surface area contributed by atoms with Gasteiger partial charge in [-0.15, -0.1) is 0 Å². The molecule has 0 aromatic rings. The second kappa shape index (κ2) is 6.26. The molecule has 0 N–H and O–H groups in total. The first kappa shape index (κ1) is 9.14. The normalized spacial score (nSPS) is 10.2. The lowest BCUT2D eigenvalue weighted by atomic mass is 10.4. The summed E-state index contributed by atoms with van der Waals surface area (Å²) in [6.07, 6.45) is 3.24. The third-order valence-corrected chi connectivity index (χ3v) is 1.06. The predicted molar refractivity (Wildman–Crippen MR) is 42.3 cm³/mol. The van der Waals surface area contributed by atoms with Crippen LogP contribution in [0.2, 0.25) is 0 Å². The number of rotatable bonds is 5. The summed E-state index contributed by atoms with van der Waals surface area (Å²) >= 11 is 0. The zero-order chi connectivity index (χ0) is 7.82. The molecule has 0 unspecified atom stereocenters. The molecule has 0 aliphatic carbocycles. The van der Waals surface area contributed by atoms with Crippen molar-refractivity contribution in [1.82, 2.24) is 4.90 Å². The van der Waals surface area contributed by atoms with Crippen molar-refractivity contribution in [2.45, 2.75) is 13.3 Å². The summed E-state index contributed by atoms with van der Waals surface area (Å²) in [5.41, 5.74) is 0. The van der Waals surface area contributed by atoms with Crippen LogP contribution < -0.4 is 0 Å². The van der Waals surface area contributed by atoms with Gasteiger partial charge in [-0.05, 0) is 6.92 Å². The molecule has 0 saturated heterocycles. The lowest BCUT2D eigenvalue weighted by Gasteiger charge is -2.09. The van der Waals surface area contributed by atoms with Crippen molar-refractivity contribution in [3.63, 3.8) is 0 Å². The molecule has 0 rings (SSSR count). The van der Waals surface area contributed by atoms with Crippen LogP contribution in [0.1, 0.15) is 13.3 Å². The summed E-state index contributed by atoms with van der Waals surface area (Å²) in [4.78, 5) is 15.8. The smallest absolute Gasteiger partial charge is 0.121 e. The van der Waals surface area contributed by atoms with Gasteiger partial charge < -0.3 is 9.69 Å². The summed E-state index contributed by atoms with van der Waals surface area (Å²) in [5.74, 6) is 0. The van der Waals surface area contributed by atoms with Gasteiger partial charge in [-0.25, -0.2) is 0 Å². The van der Waals surface area contributed by atoms with Gasteiger partial charge in [0.2, 0.25) is 0 Å². The summed E-state index contributed by atoms with van der Waals surface area (Å²) < 4.78 is 0. The Balaban J connectivity index is 3.32. The fourth-order valence-corrected chi connectivity index (χ4v) is 0.535. The second-order valence-electron chi connectivity index (χ2n) is 2.05. The van der Waals surface area contributed by atoms with E-state index < -0.39 is 0 Å². The Labute approximate surface area is 61.7 Å². The van der Waals surface area contributed by atoms with Crippen molar-refractivity contribution < 1.29 is 4.79 Å². The van der Waals surface area contributed by atoms with Crippen molar-refractivity contribution in [1.29, 1.82) is 0 Å². The molecule has 0 aliphatic heterocycles. The van der Waals surface area contributed by atoms with Gasteiger partial charge in [-0.2, -0.15) is 0 Å². The minimum Gasteiger partial charge on any atom is -0.366 e. The fourth-order valence-electron chi connectivity index (χ4n) is 0.535. The molecule has 0 bridgehead atoms. The quantitative estimate of drug-likeness (QED) is 0.319. The number of hydrogen-bond acceptors (Lipinski definition) is 2. The van der Waals surface area contributed by atoms with Crippen LogP contribution in [0.15, 0.2) is 4.99 Å². The molecule has 0 aromatic carbocycles. The molecule has 0 atom stereocenters. The molecular weight excluding hydrogens is 128 g/mol. The highest BCUT2D eigenvalue weighted by atomic mass is 16.1. The Bertz CT molecular complexity index is 112. The zero-order valence-electron chi connectivity index (χ0n) is 6.58. The minimum absolute atomic E-state index is 0.576. The van der Waals surface area contributed by atoms with Crippen LogP contribution in [0.25, 0.3) is 0 Å². The molecule has 10 heavy (non-hydrogen) atoms. The van der Waals surface area contributed by atoms with E-state index in [1.165, 1.54) is 0 Å². The third kappa shape index (κ3) is 5.28. The largest absolute Gasteiger partial charge is 0.366 e. The van der Waals surface area contributed by atoms with Gasteiger partial charge in [0.05, 0.1) is 6.34 Å². The highest BCUT2D eigenvalue weighted by Crippen LogP contribution is 1.79. The van der Waals surface area contributed by atoms with Crippen molar-refractivity contribution in [3.8, 4) is 0 Å². The van der Waals surface area contributed by atoms with Crippen molar-refractivity contribution in [3.05, 3.63) is 0 Å². The molecule has 3 nitrogen and oxygen atoms in total. The van der Waals surface area contributed by atoms with Crippen LogP contribution in [0.3, 0.4) is 0 Å². The van der Waals surface area contributed by atoms with Gasteiger partial charge in [0.1, 0.15) is 6.29 Å². The molecule has 0 aliphatic rings. The fraction of sp³-hybridized carbons (Fsp3) is 0.714. The number of nitrogens with zero attached hydrogens (tertiary/aromatic N) is 2. The van der Waals surface area contributed by atoms with Crippen molar-refractivity contribution in [2.75, 3.05) is 20.1 Å². The average Bonchev–Trinajstić information content (AvgIpc) is 1.97. The number of carbonyl (C=O) groups excluding carboxylic acids is 1. The second-order valence-corrected chi connectivity index (χ2v) is 2.05. The molecule has 0 amide bonds. The van der Waals surface area contributed by atoms with E-state index in [1.807, 2.05) is 18.9 Å². The standard InChI is InChI=1S/C7H14N2O/c1-3-8-7-9(2)5-4-6-10/h6-7H,3-5H2,1-2H3. The van der Waals surface area contributed by atoms with Crippen LogP contribution in [-0.4, -0.2) is 37.7 Å². The maximum atomic E-state index is 9.91. The van der Waals surface area contributed by atoms with Gasteiger partial charge in [0.15, 0.2) is 0 Å². The molecule has 0 saturated carbocycles. The van der Waals surface area contributed by atoms with E-state index in [4.69, 9.17) is 0 Å². The van der Waals surface area contributed by atoms with Crippen LogP contribution in [-0.2, 0) is 4.79 Å². The van der Waals surface area contributed by atoms with E-state index in [1.54, 1.807) is 6.34 Å². The van der Waals surface area contributed by atoms with Gasteiger partial charge >= 0.3 is 0 Å². The van der Waals surface area contributed by atoms with Crippen LogP contribution in [0.4, 0.5) is 0 Å². The topological polar surface area (TPSA) is 32.7 Å². The molecule has 0 aromatic heterocycles. The summed E-state index contributed by atoms with van der Waals surface area (Å²) in [6, 6.07) is 0. The lowest BCUT2D eigenvalue weighted by Crippen LogP contribution is -2.17. The van der Waals surface area contributed by atoms with E-state index in [0.29, 0.717) is 6.42 Å². The number of hydrogen-bond donors (Lipinski definition) is 0. The monoisotopic (exact) mass is 142 g/mol. The molecule has 0 spiro atoms. The van der Waals surface area contributed by atoms with Crippen molar-refractivity contribution >= 4 is 12.6 Å². The first-order valence-corrected chi connectivity index (χ1v) is 3.45. The zero-order valence-corrected chi connectivity index (χ0v) is 6.58. The molecule has 0 radical (unpaired) electrons. The Morgan fingerprint density at radius 3 is 2.80 bits per heavy atom. The summed E-state index contributed by atoms with van der Waals surface area (Å²) in [7, 11) is 1.91. The van der Waals surface area contributed by atoms with Gasteiger partial charge in [0, 0.05) is 26.6 Å². The van der Waals surface area contributed by atoms with Crippen LogP contribution in [0, 0.1) is 0 Å². The molecule has 3 heteroatoms. The Hall–Kier alpha value is -0.860.